The van der Waals surface area contributed by atoms with Gasteiger partial charge in [0.25, 0.3) is 0 Å². The number of nitrogens with zero attached hydrogens (tertiary/aromatic N) is 3. The van der Waals surface area contributed by atoms with Crippen LogP contribution in [-0.4, -0.2) is 13.7 Å². The molecule has 11 aromatic carbocycles. The maximum absolute atomic E-state index is 2.45. The molecule has 3 heteroatoms. The molecule has 334 valence electrons. The molecule has 3 aromatic heterocycles. The Morgan fingerprint density at radius 1 is 0.197 bits per heavy atom. The minimum absolute atomic E-state index is 1.13. The van der Waals surface area contributed by atoms with Crippen LogP contribution in [-0.2, 0) is 0 Å². The first-order valence-electron chi connectivity index (χ1n) is 24.6. The van der Waals surface area contributed by atoms with E-state index in [4.69, 9.17) is 0 Å². The summed E-state index contributed by atoms with van der Waals surface area (Å²) in [7, 11) is 0. The van der Waals surface area contributed by atoms with Crippen LogP contribution in [0.1, 0.15) is 11.1 Å². The van der Waals surface area contributed by atoms with Gasteiger partial charge in [-0.1, -0.05) is 151 Å². The third-order valence-corrected chi connectivity index (χ3v) is 14.7. The van der Waals surface area contributed by atoms with Crippen LogP contribution in [0.2, 0.25) is 0 Å². The van der Waals surface area contributed by atoms with E-state index in [0.29, 0.717) is 0 Å². The van der Waals surface area contributed by atoms with Crippen LogP contribution in [0, 0.1) is 13.8 Å². The summed E-state index contributed by atoms with van der Waals surface area (Å²) in [5, 5.41) is 7.43. The van der Waals surface area contributed by atoms with Gasteiger partial charge in [0.2, 0.25) is 0 Å². The number of benzene rings is 11. The molecular formula is C68H47N3. The predicted octanol–water partition coefficient (Wildman–Crippen LogP) is 18.3. The van der Waals surface area contributed by atoms with E-state index < -0.39 is 0 Å². The lowest BCUT2D eigenvalue weighted by Crippen LogP contribution is -1.94. The van der Waals surface area contributed by atoms with Crippen LogP contribution in [0.5, 0.6) is 0 Å². The van der Waals surface area contributed by atoms with E-state index in [9.17, 15) is 0 Å². The lowest BCUT2D eigenvalue weighted by atomic mass is 9.96. The zero-order chi connectivity index (χ0) is 47.2. The van der Waals surface area contributed by atoms with Gasteiger partial charge in [-0.2, -0.15) is 0 Å². The fourth-order valence-corrected chi connectivity index (χ4v) is 11.4. The number of hydrogen-bond acceptors (Lipinski definition) is 0. The van der Waals surface area contributed by atoms with Crippen molar-refractivity contribution >= 4 is 65.4 Å². The van der Waals surface area contributed by atoms with Crippen LogP contribution >= 0.6 is 0 Å². The molecule has 0 fully saturated rings. The number of aromatic nitrogens is 3. The van der Waals surface area contributed by atoms with Crippen LogP contribution in [0.3, 0.4) is 0 Å². The van der Waals surface area contributed by atoms with Gasteiger partial charge in [-0.25, -0.2) is 0 Å². The number of fused-ring (bicyclic) bond motifs is 9. The van der Waals surface area contributed by atoms with E-state index >= 15 is 0 Å². The van der Waals surface area contributed by atoms with Crippen molar-refractivity contribution in [3.05, 3.63) is 260 Å². The van der Waals surface area contributed by atoms with Crippen LogP contribution < -0.4 is 0 Å². The van der Waals surface area contributed by atoms with Gasteiger partial charge in [0, 0.05) is 49.4 Å². The molecule has 0 bridgehead atoms. The van der Waals surface area contributed by atoms with E-state index in [2.05, 4.69) is 276 Å². The van der Waals surface area contributed by atoms with E-state index in [0.717, 1.165) is 17.1 Å². The Labute approximate surface area is 412 Å². The number of hydrogen-bond donors (Lipinski definition) is 0. The predicted molar refractivity (Wildman–Crippen MR) is 301 cm³/mol. The van der Waals surface area contributed by atoms with E-state index in [1.807, 2.05) is 0 Å². The Bertz CT molecular complexity index is 4180. The van der Waals surface area contributed by atoms with Crippen LogP contribution in [0.15, 0.2) is 249 Å². The molecule has 14 rings (SSSR count). The second-order valence-corrected chi connectivity index (χ2v) is 19.1. The monoisotopic (exact) mass is 905 g/mol. The fraction of sp³-hybridized carbons (Fsp3) is 0.0294. The molecule has 0 aliphatic carbocycles. The van der Waals surface area contributed by atoms with Gasteiger partial charge in [-0.05, 0) is 167 Å². The summed E-state index contributed by atoms with van der Waals surface area (Å²) in [6.45, 7) is 4.35. The molecule has 0 amide bonds. The molecule has 0 saturated heterocycles. The Balaban J connectivity index is 0.934. The summed E-state index contributed by atoms with van der Waals surface area (Å²) >= 11 is 0. The molecule has 0 aliphatic heterocycles. The van der Waals surface area contributed by atoms with Crippen molar-refractivity contribution in [2.75, 3.05) is 0 Å². The second-order valence-electron chi connectivity index (χ2n) is 19.1. The maximum atomic E-state index is 2.45. The topological polar surface area (TPSA) is 14.8 Å². The molecule has 0 N–H and O–H groups in total. The van der Waals surface area contributed by atoms with Gasteiger partial charge in [0.05, 0.1) is 33.1 Å². The molecular weight excluding hydrogens is 859 g/mol. The Kier molecular flexibility index (Phi) is 9.33. The molecule has 0 aliphatic rings. The van der Waals surface area contributed by atoms with Crippen molar-refractivity contribution in [1.82, 2.24) is 13.7 Å². The summed E-state index contributed by atoms with van der Waals surface area (Å²) < 4.78 is 7.22. The fourth-order valence-electron chi connectivity index (χ4n) is 11.4. The molecule has 3 heterocycles. The summed E-state index contributed by atoms with van der Waals surface area (Å²) in [6.07, 6.45) is 0. The molecule has 0 unspecified atom stereocenters. The largest absolute Gasteiger partial charge is 0.309 e. The zero-order valence-corrected chi connectivity index (χ0v) is 39.5. The zero-order valence-electron chi connectivity index (χ0n) is 39.5. The number of para-hydroxylation sites is 4. The highest BCUT2D eigenvalue weighted by atomic mass is 15.0. The smallest absolute Gasteiger partial charge is 0.0541 e. The molecule has 0 spiro atoms. The summed E-state index contributed by atoms with van der Waals surface area (Å²) in [6, 6.07) is 91.8. The molecule has 3 nitrogen and oxygen atoms in total. The molecule has 0 atom stereocenters. The quantitative estimate of drug-likeness (QED) is 0.151. The third-order valence-electron chi connectivity index (χ3n) is 14.7. The van der Waals surface area contributed by atoms with E-state index in [-0.39, 0.29) is 0 Å². The SMILES string of the molecule is Cc1cccc(-c2cc(C)cc(-c3ccc(-n4c5ccc(-c6ccc7c(c6)c6ccccc6n7-c6ccccc6)cc5c5cc(-c6ccc7c(c6)c6ccccc6n7-c6ccccc6)ccc54)cc3)c2)c1. The highest BCUT2D eigenvalue weighted by molar-refractivity contribution is 6.14. The standard InChI is InChI=1S/C68H47N3/c1-44-14-13-15-47(36-44)53-38-45(2)37-52(39-53)46-24-30-56(31-25-46)71-67-34-28-50(48-26-32-65-59(40-48)57-20-9-11-22-63(57)69(65)54-16-5-3-6-17-54)42-61(67)62-43-51(29-35-68(62)71)49-27-33-66-60(41-49)58-21-10-12-23-64(58)70(66)55-18-7-4-8-19-55/h3-43H,1-2H3. The summed E-state index contributed by atoms with van der Waals surface area (Å²) in [4.78, 5) is 0. The molecule has 0 saturated carbocycles. The summed E-state index contributed by atoms with van der Waals surface area (Å²) in [5.74, 6) is 0. The van der Waals surface area contributed by atoms with E-state index in [1.54, 1.807) is 0 Å². The first kappa shape index (κ1) is 40.8. The van der Waals surface area contributed by atoms with Gasteiger partial charge in [-0.3, -0.25) is 0 Å². The normalized spacial score (nSPS) is 11.8. The maximum Gasteiger partial charge on any atom is 0.0541 e. The molecule has 71 heavy (non-hydrogen) atoms. The highest BCUT2D eigenvalue weighted by Crippen LogP contribution is 2.41. The van der Waals surface area contributed by atoms with Gasteiger partial charge in [-0.15, -0.1) is 0 Å². The minimum atomic E-state index is 1.13. The second kappa shape index (κ2) is 16.2. The first-order valence-corrected chi connectivity index (χ1v) is 24.6. The average molecular weight is 906 g/mol. The van der Waals surface area contributed by atoms with Crippen molar-refractivity contribution in [2.45, 2.75) is 13.8 Å². The van der Waals surface area contributed by atoms with Crippen molar-refractivity contribution in [1.29, 1.82) is 0 Å². The first-order chi connectivity index (χ1) is 35.0. The third kappa shape index (κ3) is 6.73. The Morgan fingerprint density at radius 2 is 0.535 bits per heavy atom. The van der Waals surface area contributed by atoms with Crippen LogP contribution in [0.4, 0.5) is 0 Å². The van der Waals surface area contributed by atoms with Crippen LogP contribution in [0.25, 0.3) is 127 Å². The highest BCUT2D eigenvalue weighted by Gasteiger charge is 2.19. The van der Waals surface area contributed by atoms with Crippen molar-refractivity contribution in [3.63, 3.8) is 0 Å². The Morgan fingerprint density at radius 3 is 0.986 bits per heavy atom. The average Bonchev–Trinajstić information content (AvgIpc) is 4.06. The number of aryl methyl sites for hydroxylation is 2. The lowest BCUT2D eigenvalue weighted by Gasteiger charge is -2.12. The molecule has 0 radical (unpaired) electrons. The molecule has 14 aromatic rings. The van der Waals surface area contributed by atoms with Gasteiger partial charge in [0.15, 0.2) is 0 Å². The number of rotatable bonds is 7. The van der Waals surface area contributed by atoms with Gasteiger partial charge in [0.1, 0.15) is 0 Å². The summed E-state index contributed by atoms with van der Waals surface area (Å²) in [5.41, 5.74) is 22.8. The minimum Gasteiger partial charge on any atom is -0.309 e. The Hall–Kier alpha value is -9.18. The lowest BCUT2D eigenvalue weighted by molar-refractivity contribution is 1.18. The van der Waals surface area contributed by atoms with Crippen molar-refractivity contribution < 1.29 is 0 Å². The van der Waals surface area contributed by atoms with Crippen molar-refractivity contribution in [3.8, 4) is 61.6 Å². The van der Waals surface area contributed by atoms with Gasteiger partial charge < -0.3 is 13.7 Å². The van der Waals surface area contributed by atoms with Gasteiger partial charge >= 0.3 is 0 Å². The van der Waals surface area contributed by atoms with E-state index in [1.165, 1.54) is 121 Å². The van der Waals surface area contributed by atoms with Crippen molar-refractivity contribution in [2.24, 2.45) is 0 Å².